The van der Waals surface area contributed by atoms with E-state index < -0.39 is 29.3 Å². The van der Waals surface area contributed by atoms with E-state index in [4.69, 9.17) is 4.74 Å². The summed E-state index contributed by atoms with van der Waals surface area (Å²) in [6, 6.07) is 4.64. The van der Waals surface area contributed by atoms with Crippen LogP contribution >= 0.6 is 0 Å². The first-order valence-corrected chi connectivity index (χ1v) is 9.09. The Morgan fingerprint density at radius 1 is 1.07 bits per heavy atom. The number of piperazine rings is 1. The van der Waals surface area contributed by atoms with Crippen LogP contribution in [0.3, 0.4) is 0 Å². The molecule has 2 aliphatic heterocycles. The van der Waals surface area contributed by atoms with Gasteiger partial charge in [-0.05, 0) is 18.2 Å². The smallest absolute Gasteiger partial charge is 0.417 e. The third kappa shape index (κ3) is 4.87. The summed E-state index contributed by atoms with van der Waals surface area (Å²) in [7, 11) is 0. The fourth-order valence-corrected chi connectivity index (χ4v) is 3.19. The summed E-state index contributed by atoms with van der Waals surface area (Å²) in [5.41, 5.74) is -1.38. The van der Waals surface area contributed by atoms with Gasteiger partial charge in [-0.15, -0.1) is 0 Å². The van der Waals surface area contributed by atoms with Crippen LogP contribution in [0.1, 0.15) is 22.3 Å². The monoisotopic (exact) mass is 411 g/mol. The summed E-state index contributed by atoms with van der Waals surface area (Å²) in [5, 5.41) is 2.50. The summed E-state index contributed by atoms with van der Waals surface area (Å²) < 4.78 is 44.5. The van der Waals surface area contributed by atoms with Gasteiger partial charge in [-0.3, -0.25) is 14.4 Å². The number of carbonyl (C=O) groups excluding carboxylic acids is 3. The molecule has 1 aromatic carbocycles. The van der Waals surface area contributed by atoms with Gasteiger partial charge in [0.05, 0.1) is 23.9 Å². The number of hydrogen-bond donors (Lipinski definition) is 1. The normalized spacial score (nSPS) is 19.1. The molecule has 1 fully saturated rings. The van der Waals surface area contributed by atoms with Crippen molar-refractivity contribution in [1.29, 1.82) is 0 Å². The van der Waals surface area contributed by atoms with Gasteiger partial charge in [-0.1, -0.05) is 12.1 Å². The van der Waals surface area contributed by atoms with Crippen molar-refractivity contribution < 1.29 is 32.3 Å². The molecule has 1 atom stereocenters. The van der Waals surface area contributed by atoms with Crippen molar-refractivity contribution in [1.82, 2.24) is 15.1 Å². The highest BCUT2D eigenvalue weighted by molar-refractivity contribution is 5.96. The zero-order valence-corrected chi connectivity index (χ0v) is 15.4. The molecule has 0 radical (unpaired) electrons. The van der Waals surface area contributed by atoms with E-state index in [2.05, 4.69) is 5.32 Å². The second kappa shape index (κ2) is 8.54. The Labute approximate surface area is 165 Å². The molecule has 1 N–H and O–H groups in total. The summed E-state index contributed by atoms with van der Waals surface area (Å²) >= 11 is 0. The first kappa shape index (κ1) is 20.7. The largest absolute Gasteiger partial charge is 0.488 e. The summed E-state index contributed by atoms with van der Waals surface area (Å²) in [6.07, 6.45) is -1.68. The zero-order valence-electron chi connectivity index (χ0n) is 15.4. The van der Waals surface area contributed by atoms with Crippen molar-refractivity contribution in [3.05, 3.63) is 47.7 Å². The highest BCUT2D eigenvalue weighted by atomic mass is 19.4. The Bertz CT molecular complexity index is 809. The lowest BCUT2D eigenvalue weighted by atomic mass is 10.1. The van der Waals surface area contributed by atoms with Gasteiger partial charge in [0.25, 0.3) is 11.8 Å². The molecule has 0 aromatic heterocycles. The molecule has 2 heterocycles. The molecule has 2 aliphatic rings. The van der Waals surface area contributed by atoms with E-state index in [1.54, 1.807) is 6.08 Å². The lowest BCUT2D eigenvalue weighted by Gasteiger charge is -2.35. The Morgan fingerprint density at radius 3 is 2.34 bits per heavy atom. The third-order valence-corrected chi connectivity index (χ3v) is 4.78. The van der Waals surface area contributed by atoms with E-state index in [0.29, 0.717) is 6.42 Å². The van der Waals surface area contributed by atoms with Gasteiger partial charge in [0, 0.05) is 32.6 Å². The fraction of sp³-hybridized carbons (Fsp3) is 0.421. The average Bonchev–Trinajstić information content (AvgIpc) is 3.26. The highest BCUT2D eigenvalue weighted by Crippen LogP contribution is 2.32. The second-order valence-corrected chi connectivity index (χ2v) is 6.67. The maximum Gasteiger partial charge on any atom is 0.417 e. The standard InChI is InChI=1S/C19H20F3N3O4/c20-19(21,22)14-5-2-1-4-13(14)18(28)25-9-7-24(8-10-25)16(26)12-23-17(27)15-6-3-11-29-15/h1-5,11,15H,6-10,12H2,(H,23,27). The number of amides is 3. The van der Waals surface area contributed by atoms with Gasteiger partial charge in [-0.2, -0.15) is 13.2 Å². The number of hydrogen-bond acceptors (Lipinski definition) is 4. The third-order valence-electron chi connectivity index (χ3n) is 4.78. The highest BCUT2D eigenvalue weighted by Gasteiger charge is 2.36. The number of benzene rings is 1. The Balaban J connectivity index is 1.52. The fourth-order valence-electron chi connectivity index (χ4n) is 3.19. The van der Waals surface area contributed by atoms with Gasteiger partial charge in [0.15, 0.2) is 6.10 Å². The van der Waals surface area contributed by atoms with Crippen LogP contribution in [0.5, 0.6) is 0 Å². The number of rotatable bonds is 4. The number of halogens is 3. The molecule has 7 nitrogen and oxygen atoms in total. The van der Waals surface area contributed by atoms with Crippen LogP contribution in [0.2, 0.25) is 0 Å². The summed E-state index contributed by atoms with van der Waals surface area (Å²) in [4.78, 5) is 39.4. The number of nitrogens with zero attached hydrogens (tertiary/aromatic N) is 2. The predicted octanol–water partition coefficient (Wildman–Crippen LogP) is 1.41. The van der Waals surface area contributed by atoms with Gasteiger partial charge in [0.2, 0.25) is 5.91 Å². The lowest BCUT2D eigenvalue weighted by Crippen LogP contribution is -2.53. The van der Waals surface area contributed by atoms with Gasteiger partial charge in [0.1, 0.15) is 0 Å². The number of nitrogens with one attached hydrogen (secondary N) is 1. The molecule has 0 aliphatic carbocycles. The van der Waals surface area contributed by atoms with Crippen LogP contribution in [0, 0.1) is 0 Å². The average molecular weight is 411 g/mol. The van der Waals surface area contributed by atoms with E-state index in [9.17, 15) is 27.6 Å². The lowest BCUT2D eigenvalue weighted by molar-refractivity contribution is -0.138. The predicted molar refractivity (Wildman–Crippen MR) is 95.6 cm³/mol. The van der Waals surface area contributed by atoms with Crippen molar-refractivity contribution in [3.63, 3.8) is 0 Å². The minimum absolute atomic E-state index is 0.111. The molecular weight excluding hydrogens is 391 g/mol. The molecule has 10 heteroatoms. The van der Waals surface area contributed by atoms with Gasteiger partial charge >= 0.3 is 6.18 Å². The maximum atomic E-state index is 13.1. The molecule has 0 saturated carbocycles. The van der Waals surface area contributed by atoms with Crippen LogP contribution in [0.25, 0.3) is 0 Å². The quantitative estimate of drug-likeness (QED) is 0.813. The SMILES string of the molecule is O=C(NCC(=O)N1CCN(C(=O)c2ccccc2C(F)(F)F)CC1)C1CC=CO1. The van der Waals surface area contributed by atoms with Gasteiger partial charge in [-0.25, -0.2) is 0 Å². The van der Waals surface area contributed by atoms with Gasteiger partial charge < -0.3 is 19.9 Å². The summed E-state index contributed by atoms with van der Waals surface area (Å²) in [5.74, 6) is -1.43. The van der Waals surface area contributed by atoms with Crippen LogP contribution in [0.15, 0.2) is 36.6 Å². The summed E-state index contributed by atoms with van der Waals surface area (Å²) in [6.45, 7) is 0.372. The molecule has 0 spiro atoms. The minimum Gasteiger partial charge on any atom is -0.488 e. The Morgan fingerprint density at radius 2 is 1.72 bits per heavy atom. The molecule has 1 saturated heterocycles. The minimum atomic E-state index is -4.62. The van der Waals surface area contributed by atoms with E-state index in [0.717, 1.165) is 12.1 Å². The van der Waals surface area contributed by atoms with Crippen molar-refractivity contribution in [2.75, 3.05) is 32.7 Å². The van der Waals surface area contributed by atoms with Crippen LogP contribution < -0.4 is 5.32 Å². The van der Waals surface area contributed by atoms with Crippen LogP contribution in [-0.2, 0) is 20.5 Å². The molecule has 3 amide bonds. The Kier molecular flexibility index (Phi) is 6.09. The molecule has 1 aromatic rings. The van der Waals surface area contributed by atoms with E-state index in [1.165, 1.54) is 28.2 Å². The number of carbonyl (C=O) groups is 3. The van der Waals surface area contributed by atoms with E-state index in [1.807, 2.05) is 0 Å². The molecule has 156 valence electrons. The molecule has 1 unspecified atom stereocenters. The first-order valence-electron chi connectivity index (χ1n) is 9.09. The molecular formula is C19H20F3N3O4. The van der Waals surface area contributed by atoms with Crippen molar-refractivity contribution >= 4 is 17.7 Å². The van der Waals surface area contributed by atoms with E-state index >= 15 is 0 Å². The number of alkyl halides is 3. The van der Waals surface area contributed by atoms with Crippen LogP contribution in [0.4, 0.5) is 13.2 Å². The van der Waals surface area contributed by atoms with Crippen molar-refractivity contribution in [2.45, 2.75) is 18.7 Å². The molecule has 0 bridgehead atoms. The van der Waals surface area contributed by atoms with Crippen molar-refractivity contribution in [3.8, 4) is 0 Å². The van der Waals surface area contributed by atoms with Crippen molar-refractivity contribution in [2.24, 2.45) is 0 Å². The Hall–Kier alpha value is -3.04. The number of ether oxygens (including phenoxy) is 1. The second-order valence-electron chi connectivity index (χ2n) is 6.67. The zero-order chi connectivity index (χ0) is 21.0. The maximum absolute atomic E-state index is 13.1. The topological polar surface area (TPSA) is 79.0 Å². The first-order chi connectivity index (χ1) is 13.8. The van der Waals surface area contributed by atoms with E-state index in [-0.39, 0.29) is 44.5 Å². The molecule has 3 rings (SSSR count). The van der Waals surface area contributed by atoms with Crippen LogP contribution in [-0.4, -0.2) is 66.3 Å². The molecule has 29 heavy (non-hydrogen) atoms.